The first-order chi connectivity index (χ1) is 8.30. The van der Waals surface area contributed by atoms with Crippen LogP contribution in [0.25, 0.3) is 0 Å². The van der Waals surface area contributed by atoms with Crippen molar-refractivity contribution in [2.75, 3.05) is 20.1 Å². The molecule has 0 radical (unpaired) electrons. The van der Waals surface area contributed by atoms with Crippen LogP contribution in [-0.2, 0) is 9.31 Å². The van der Waals surface area contributed by atoms with E-state index in [0.29, 0.717) is 5.92 Å². The van der Waals surface area contributed by atoms with Crippen molar-refractivity contribution in [1.82, 2.24) is 4.90 Å². The molecule has 0 N–H and O–H groups in total. The molecular formula is C14H26BNO2. The Kier molecular flexibility index (Phi) is 3.91. The van der Waals surface area contributed by atoms with Gasteiger partial charge in [-0.05, 0) is 66.6 Å². The van der Waals surface area contributed by atoms with E-state index in [2.05, 4.69) is 51.7 Å². The third-order valence-electron chi connectivity index (χ3n) is 4.58. The summed E-state index contributed by atoms with van der Waals surface area (Å²) < 4.78 is 11.9. The van der Waals surface area contributed by atoms with Gasteiger partial charge in [-0.25, -0.2) is 0 Å². The van der Waals surface area contributed by atoms with E-state index in [9.17, 15) is 0 Å². The summed E-state index contributed by atoms with van der Waals surface area (Å²) in [5.41, 5.74) is -0.455. The Morgan fingerprint density at radius 1 is 1.06 bits per heavy atom. The lowest BCUT2D eigenvalue weighted by Crippen LogP contribution is -2.41. The van der Waals surface area contributed by atoms with Crippen LogP contribution in [0.5, 0.6) is 0 Å². The van der Waals surface area contributed by atoms with Crippen LogP contribution in [0.4, 0.5) is 0 Å². The largest absolute Gasteiger partial charge is 0.486 e. The number of likely N-dealkylation sites (tertiary alicyclic amines) is 1. The Labute approximate surface area is 112 Å². The van der Waals surface area contributed by atoms with Gasteiger partial charge >= 0.3 is 7.12 Å². The van der Waals surface area contributed by atoms with Gasteiger partial charge in [0.05, 0.1) is 11.2 Å². The monoisotopic (exact) mass is 251 g/mol. The van der Waals surface area contributed by atoms with E-state index in [1.165, 1.54) is 25.9 Å². The van der Waals surface area contributed by atoms with Gasteiger partial charge in [0.25, 0.3) is 0 Å². The molecule has 2 saturated heterocycles. The SMILES string of the molecule is CN1CCC(/C=C/B2OC(C)(C)C(C)(C)O2)CC1. The molecule has 0 aromatic heterocycles. The van der Waals surface area contributed by atoms with Crippen molar-refractivity contribution < 1.29 is 9.31 Å². The third-order valence-corrected chi connectivity index (χ3v) is 4.58. The van der Waals surface area contributed by atoms with Crippen molar-refractivity contribution in [1.29, 1.82) is 0 Å². The predicted molar refractivity (Wildman–Crippen MR) is 75.4 cm³/mol. The first kappa shape index (κ1) is 14.1. The van der Waals surface area contributed by atoms with Crippen LogP contribution < -0.4 is 0 Å². The van der Waals surface area contributed by atoms with Gasteiger partial charge in [-0.1, -0.05) is 12.1 Å². The second kappa shape index (κ2) is 4.99. The molecule has 2 heterocycles. The highest BCUT2D eigenvalue weighted by atomic mass is 16.7. The van der Waals surface area contributed by atoms with Crippen molar-refractivity contribution in [2.45, 2.75) is 51.7 Å². The molecule has 2 aliphatic rings. The number of rotatable bonds is 2. The molecule has 4 heteroatoms. The smallest absolute Gasteiger partial charge is 0.400 e. The van der Waals surface area contributed by atoms with Gasteiger partial charge in [0.15, 0.2) is 0 Å². The Morgan fingerprint density at radius 2 is 1.56 bits per heavy atom. The Morgan fingerprint density at radius 3 is 2.06 bits per heavy atom. The Hall–Kier alpha value is -0.315. The fourth-order valence-corrected chi connectivity index (χ4v) is 2.44. The van der Waals surface area contributed by atoms with E-state index >= 15 is 0 Å². The normalized spacial score (nSPS) is 29.3. The lowest BCUT2D eigenvalue weighted by Gasteiger charge is -2.32. The summed E-state index contributed by atoms with van der Waals surface area (Å²) in [5.74, 6) is 2.78. The predicted octanol–water partition coefficient (Wildman–Crippen LogP) is 2.52. The summed E-state index contributed by atoms with van der Waals surface area (Å²) in [6.07, 6.45) is 4.77. The number of allylic oxidation sites excluding steroid dienone is 1. The quantitative estimate of drug-likeness (QED) is 0.704. The minimum absolute atomic E-state index is 0.186. The first-order valence-corrected chi connectivity index (χ1v) is 7.03. The molecule has 0 spiro atoms. The van der Waals surface area contributed by atoms with Crippen LogP contribution in [0.15, 0.2) is 12.1 Å². The van der Waals surface area contributed by atoms with E-state index in [4.69, 9.17) is 9.31 Å². The molecule has 0 aromatic carbocycles. The maximum Gasteiger partial charge on any atom is 0.486 e. The van der Waals surface area contributed by atoms with Gasteiger partial charge in [0, 0.05) is 0 Å². The number of hydrogen-bond donors (Lipinski definition) is 0. The molecule has 0 amide bonds. The Bertz CT molecular complexity index is 304. The highest BCUT2D eigenvalue weighted by Crippen LogP contribution is 2.37. The highest BCUT2D eigenvalue weighted by molar-refractivity contribution is 6.51. The van der Waals surface area contributed by atoms with Crippen molar-refractivity contribution in [3.8, 4) is 0 Å². The second-order valence-electron chi connectivity index (χ2n) is 6.65. The summed E-state index contributed by atoms with van der Waals surface area (Å²) in [6.45, 7) is 10.8. The maximum absolute atomic E-state index is 5.96. The topological polar surface area (TPSA) is 21.7 Å². The minimum Gasteiger partial charge on any atom is -0.400 e. The zero-order valence-electron chi connectivity index (χ0n) is 12.4. The second-order valence-corrected chi connectivity index (χ2v) is 6.65. The van der Waals surface area contributed by atoms with E-state index in [1.807, 2.05) is 0 Å². The van der Waals surface area contributed by atoms with E-state index in [0.717, 1.165) is 0 Å². The molecule has 2 fully saturated rings. The zero-order valence-corrected chi connectivity index (χ0v) is 12.4. The van der Waals surface area contributed by atoms with Gasteiger partial charge in [-0.2, -0.15) is 0 Å². The van der Waals surface area contributed by atoms with Gasteiger partial charge < -0.3 is 14.2 Å². The molecule has 18 heavy (non-hydrogen) atoms. The molecule has 2 rings (SSSR count). The summed E-state index contributed by atoms with van der Waals surface area (Å²) in [4.78, 5) is 2.39. The van der Waals surface area contributed by atoms with Crippen LogP contribution in [0.1, 0.15) is 40.5 Å². The third kappa shape index (κ3) is 2.98. The molecule has 102 valence electrons. The standard InChI is InChI=1S/C14H26BNO2/c1-13(2)14(3,4)18-15(17-13)9-6-12-7-10-16(5)11-8-12/h6,9,12H,7-8,10-11H2,1-5H3/b9-6+. The van der Waals surface area contributed by atoms with Gasteiger partial charge in [-0.3, -0.25) is 0 Å². The van der Waals surface area contributed by atoms with Crippen LogP contribution >= 0.6 is 0 Å². The number of piperidine rings is 1. The molecular weight excluding hydrogens is 225 g/mol. The van der Waals surface area contributed by atoms with Crippen molar-refractivity contribution in [3.05, 3.63) is 12.1 Å². The molecule has 2 aliphatic heterocycles. The van der Waals surface area contributed by atoms with Crippen LogP contribution in [-0.4, -0.2) is 43.4 Å². The van der Waals surface area contributed by atoms with E-state index in [1.54, 1.807) is 0 Å². The minimum atomic E-state index is -0.227. The summed E-state index contributed by atoms with van der Waals surface area (Å²) in [6, 6.07) is 0. The lowest BCUT2D eigenvalue weighted by molar-refractivity contribution is 0.00578. The fraction of sp³-hybridized carbons (Fsp3) is 0.857. The first-order valence-electron chi connectivity index (χ1n) is 7.03. The fourth-order valence-electron chi connectivity index (χ4n) is 2.44. The van der Waals surface area contributed by atoms with Gasteiger partial charge in [0.1, 0.15) is 0 Å². The van der Waals surface area contributed by atoms with Gasteiger partial charge in [-0.15, -0.1) is 0 Å². The summed E-state index contributed by atoms with van der Waals surface area (Å²) in [7, 11) is 2.00. The molecule has 0 bridgehead atoms. The van der Waals surface area contributed by atoms with Crippen LogP contribution in [0.3, 0.4) is 0 Å². The molecule has 0 aromatic rings. The molecule has 0 atom stereocenters. The molecule has 0 saturated carbocycles. The van der Waals surface area contributed by atoms with Crippen LogP contribution in [0.2, 0.25) is 0 Å². The van der Waals surface area contributed by atoms with Crippen LogP contribution in [0, 0.1) is 5.92 Å². The van der Waals surface area contributed by atoms with Crippen molar-refractivity contribution in [3.63, 3.8) is 0 Å². The Balaban J connectivity index is 1.88. The summed E-state index contributed by atoms with van der Waals surface area (Å²) in [5, 5.41) is 0. The number of hydrogen-bond acceptors (Lipinski definition) is 3. The van der Waals surface area contributed by atoms with Crippen molar-refractivity contribution >= 4 is 7.12 Å². The van der Waals surface area contributed by atoms with Gasteiger partial charge in [0.2, 0.25) is 0 Å². The average Bonchev–Trinajstić information content (AvgIpc) is 2.47. The number of nitrogens with zero attached hydrogens (tertiary/aromatic N) is 1. The van der Waals surface area contributed by atoms with E-state index < -0.39 is 0 Å². The molecule has 0 aliphatic carbocycles. The lowest BCUT2D eigenvalue weighted by atomic mass is 9.86. The average molecular weight is 251 g/mol. The summed E-state index contributed by atoms with van der Waals surface area (Å²) >= 11 is 0. The highest BCUT2D eigenvalue weighted by Gasteiger charge is 2.50. The van der Waals surface area contributed by atoms with E-state index in [-0.39, 0.29) is 18.3 Å². The molecule has 3 nitrogen and oxygen atoms in total. The zero-order chi connectivity index (χ0) is 13.4. The maximum atomic E-state index is 5.96. The van der Waals surface area contributed by atoms with Crippen molar-refractivity contribution in [2.24, 2.45) is 5.92 Å². The molecule has 0 unspecified atom stereocenters.